The second kappa shape index (κ2) is 4.80. The molecule has 21 heavy (non-hydrogen) atoms. The van der Waals surface area contributed by atoms with Crippen LogP contribution < -0.4 is 5.73 Å². The van der Waals surface area contributed by atoms with Crippen molar-refractivity contribution in [3.05, 3.63) is 35.4 Å². The Morgan fingerprint density at radius 3 is 2.95 bits per heavy atom. The van der Waals surface area contributed by atoms with Crippen molar-refractivity contribution >= 4 is 0 Å². The molecule has 1 aromatic carbocycles. The Labute approximate surface area is 127 Å². The molecule has 2 aliphatic heterocycles. The van der Waals surface area contributed by atoms with Crippen molar-refractivity contribution in [3.63, 3.8) is 0 Å². The van der Waals surface area contributed by atoms with Gasteiger partial charge >= 0.3 is 0 Å². The Balaban J connectivity index is 1.84. The lowest BCUT2D eigenvalue weighted by Gasteiger charge is -2.54. The van der Waals surface area contributed by atoms with Gasteiger partial charge < -0.3 is 15.7 Å². The van der Waals surface area contributed by atoms with E-state index in [1.54, 1.807) is 0 Å². The zero-order valence-corrected chi connectivity index (χ0v) is 12.7. The first kappa shape index (κ1) is 13.7. The first-order valence-electron chi connectivity index (χ1n) is 8.43. The number of hydrogen-bond acceptors (Lipinski definition) is 3. The van der Waals surface area contributed by atoms with Crippen LogP contribution in [0.25, 0.3) is 0 Å². The van der Waals surface area contributed by atoms with E-state index in [2.05, 4.69) is 29.2 Å². The molecule has 0 amide bonds. The molecule has 114 valence electrons. The molecule has 2 heterocycles. The predicted molar refractivity (Wildman–Crippen MR) is 84.2 cm³/mol. The summed E-state index contributed by atoms with van der Waals surface area (Å²) in [4.78, 5) is 2.50. The Hall–Kier alpha value is -0.900. The van der Waals surface area contributed by atoms with E-state index in [1.165, 1.54) is 11.1 Å². The lowest BCUT2D eigenvalue weighted by atomic mass is 9.55. The van der Waals surface area contributed by atoms with Gasteiger partial charge in [-0.15, -0.1) is 0 Å². The SMILES string of the molecule is NCC1(C2(O)CCN3CCC2C3)CCCc2ccccc21. The second-order valence-electron chi connectivity index (χ2n) is 7.26. The van der Waals surface area contributed by atoms with Gasteiger partial charge in [0.25, 0.3) is 0 Å². The van der Waals surface area contributed by atoms with E-state index in [0.29, 0.717) is 12.5 Å². The number of hydrogen-bond donors (Lipinski definition) is 2. The number of nitrogens with zero attached hydrogens (tertiary/aromatic N) is 1. The number of aryl methyl sites for hydroxylation is 1. The monoisotopic (exact) mass is 286 g/mol. The Kier molecular flexibility index (Phi) is 3.14. The molecule has 1 aliphatic carbocycles. The molecule has 4 rings (SSSR count). The van der Waals surface area contributed by atoms with Crippen LogP contribution in [0.5, 0.6) is 0 Å². The van der Waals surface area contributed by atoms with Crippen molar-refractivity contribution in [2.75, 3.05) is 26.2 Å². The zero-order valence-electron chi connectivity index (χ0n) is 12.7. The predicted octanol–water partition coefficient (Wildman–Crippen LogP) is 1.68. The average molecular weight is 286 g/mol. The summed E-state index contributed by atoms with van der Waals surface area (Å²) in [5.74, 6) is 0.390. The lowest BCUT2D eigenvalue weighted by Crippen LogP contribution is -2.64. The third-order valence-electron chi connectivity index (χ3n) is 6.52. The molecule has 2 bridgehead atoms. The molecule has 0 saturated carbocycles. The Morgan fingerprint density at radius 2 is 2.10 bits per heavy atom. The van der Waals surface area contributed by atoms with Crippen LogP contribution in [0.2, 0.25) is 0 Å². The van der Waals surface area contributed by atoms with Gasteiger partial charge in [0.15, 0.2) is 0 Å². The molecule has 2 saturated heterocycles. The quantitative estimate of drug-likeness (QED) is 0.869. The largest absolute Gasteiger partial charge is 0.389 e. The summed E-state index contributed by atoms with van der Waals surface area (Å²) in [6.45, 7) is 3.80. The van der Waals surface area contributed by atoms with Gasteiger partial charge in [-0.2, -0.15) is 0 Å². The molecule has 3 nitrogen and oxygen atoms in total. The molecular weight excluding hydrogens is 260 g/mol. The normalized spacial score (nSPS) is 41.8. The van der Waals surface area contributed by atoms with Crippen molar-refractivity contribution in [1.82, 2.24) is 4.90 Å². The Bertz CT molecular complexity index is 546. The van der Waals surface area contributed by atoms with Crippen molar-refractivity contribution in [2.24, 2.45) is 11.7 Å². The van der Waals surface area contributed by atoms with Gasteiger partial charge in [-0.25, -0.2) is 0 Å². The number of benzene rings is 1. The van der Waals surface area contributed by atoms with Gasteiger partial charge in [-0.05, 0) is 49.8 Å². The number of fused-ring (bicyclic) bond motifs is 3. The van der Waals surface area contributed by atoms with Crippen LogP contribution in [-0.2, 0) is 11.8 Å². The molecule has 3 aliphatic rings. The molecule has 1 aromatic rings. The van der Waals surface area contributed by atoms with Crippen molar-refractivity contribution < 1.29 is 5.11 Å². The molecule has 3 N–H and O–H groups in total. The number of rotatable bonds is 2. The summed E-state index contributed by atoms with van der Waals surface area (Å²) in [5.41, 5.74) is 8.21. The molecule has 4 unspecified atom stereocenters. The van der Waals surface area contributed by atoms with E-state index >= 15 is 0 Å². The van der Waals surface area contributed by atoms with Gasteiger partial charge in [0.1, 0.15) is 0 Å². The van der Waals surface area contributed by atoms with E-state index in [9.17, 15) is 5.11 Å². The van der Waals surface area contributed by atoms with Gasteiger partial charge in [0.2, 0.25) is 0 Å². The summed E-state index contributed by atoms with van der Waals surface area (Å²) in [6, 6.07) is 8.68. The van der Waals surface area contributed by atoms with Gasteiger partial charge in [0, 0.05) is 31.0 Å². The highest BCUT2D eigenvalue weighted by atomic mass is 16.3. The van der Waals surface area contributed by atoms with Crippen molar-refractivity contribution in [2.45, 2.75) is 43.1 Å². The maximum Gasteiger partial charge on any atom is 0.0808 e. The summed E-state index contributed by atoms with van der Waals surface area (Å²) in [6.07, 6.45) is 5.31. The number of aliphatic hydroxyl groups is 1. The minimum Gasteiger partial charge on any atom is -0.389 e. The zero-order chi connectivity index (χ0) is 14.5. The smallest absolute Gasteiger partial charge is 0.0808 e. The van der Waals surface area contributed by atoms with Gasteiger partial charge in [0.05, 0.1) is 5.60 Å². The summed E-state index contributed by atoms with van der Waals surface area (Å²) in [7, 11) is 0. The van der Waals surface area contributed by atoms with Crippen LogP contribution in [0.3, 0.4) is 0 Å². The highest BCUT2D eigenvalue weighted by Crippen LogP contribution is 2.52. The highest BCUT2D eigenvalue weighted by molar-refractivity contribution is 5.41. The topological polar surface area (TPSA) is 49.5 Å². The summed E-state index contributed by atoms with van der Waals surface area (Å²) < 4.78 is 0. The fourth-order valence-corrected chi connectivity index (χ4v) is 5.35. The molecule has 2 fully saturated rings. The third-order valence-corrected chi connectivity index (χ3v) is 6.52. The van der Waals surface area contributed by atoms with Crippen molar-refractivity contribution in [3.8, 4) is 0 Å². The summed E-state index contributed by atoms with van der Waals surface area (Å²) >= 11 is 0. The van der Waals surface area contributed by atoms with Crippen LogP contribution in [0.4, 0.5) is 0 Å². The summed E-state index contributed by atoms with van der Waals surface area (Å²) in [5, 5.41) is 11.8. The molecule has 3 heteroatoms. The van der Waals surface area contributed by atoms with E-state index in [1.807, 2.05) is 0 Å². The van der Waals surface area contributed by atoms with E-state index < -0.39 is 5.60 Å². The van der Waals surface area contributed by atoms with Gasteiger partial charge in [-0.1, -0.05) is 24.3 Å². The first-order valence-corrected chi connectivity index (χ1v) is 8.43. The molecule has 0 radical (unpaired) electrons. The second-order valence-corrected chi connectivity index (χ2v) is 7.26. The maximum absolute atomic E-state index is 11.8. The molecular formula is C18H26N2O. The van der Waals surface area contributed by atoms with Crippen LogP contribution in [-0.4, -0.2) is 41.8 Å². The van der Waals surface area contributed by atoms with Crippen LogP contribution in [0, 0.1) is 5.92 Å². The number of piperidine rings is 1. The molecule has 4 atom stereocenters. The van der Waals surface area contributed by atoms with E-state index in [-0.39, 0.29) is 5.41 Å². The van der Waals surface area contributed by atoms with Crippen LogP contribution >= 0.6 is 0 Å². The van der Waals surface area contributed by atoms with E-state index in [0.717, 1.165) is 51.7 Å². The van der Waals surface area contributed by atoms with E-state index in [4.69, 9.17) is 5.73 Å². The van der Waals surface area contributed by atoms with Crippen molar-refractivity contribution in [1.29, 1.82) is 0 Å². The standard InChI is InChI=1S/C18H26N2O/c19-13-17(8-3-5-14-4-1-2-6-16(14)17)18(21)9-11-20-10-7-15(18)12-20/h1-2,4,6,15,21H,3,5,7-13,19H2. The fourth-order valence-electron chi connectivity index (χ4n) is 5.35. The average Bonchev–Trinajstić information content (AvgIpc) is 2.95. The number of nitrogens with two attached hydrogens (primary N) is 1. The Morgan fingerprint density at radius 1 is 1.24 bits per heavy atom. The van der Waals surface area contributed by atoms with Crippen LogP contribution in [0.15, 0.2) is 24.3 Å². The molecule has 0 spiro atoms. The maximum atomic E-state index is 11.8. The first-order chi connectivity index (χ1) is 10.2. The lowest BCUT2D eigenvalue weighted by molar-refractivity contribution is -0.111. The van der Waals surface area contributed by atoms with Crippen LogP contribution in [0.1, 0.15) is 36.8 Å². The fraction of sp³-hybridized carbons (Fsp3) is 0.667. The van der Waals surface area contributed by atoms with Gasteiger partial charge in [-0.3, -0.25) is 0 Å². The highest BCUT2D eigenvalue weighted by Gasteiger charge is 2.58. The third kappa shape index (κ3) is 1.77. The minimum atomic E-state index is -0.620. The minimum absolute atomic E-state index is 0.233. The molecule has 0 aromatic heterocycles.